The van der Waals surface area contributed by atoms with Gasteiger partial charge >= 0.3 is 9.53 Å². The minimum Gasteiger partial charge on any atom is -0.494 e. The molecule has 0 amide bonds. The van der Waals surface area contributed by atoms with Crippen molar-refractivity contribution in [2.75, 3.05) is 6.61 Å². The van der Waals surface area contributed by atoms with Gasteiger partial charge in [0.15, 0.2) is 0 Å². The van der Waals surface area contributed by atoms with Gasteiger partial charge in [-0.3, -0.25) is 0 Å². The Balaban J connectivity index is 1.93. The van der Waals surface area contributed by atoms with E-state index in [2.05, 4.69) is 6.92 Å². The summed E-state index contributed by atoms with van der Waals surface area (Å²) in [5, 5.41) is 0. The van der Waals surface area contributed by atoms with E-state index in [0.29, 0.717) is 6.61 Å². The summed E-state index contributed by atoms with van der Waals surface area (Å²) < 4.78 is 17.6. The van der Waals surface area contributed by atoms with Crippen molar-refractivity contribution in [3.8, 4) is 11.5 Å². The Morgan fingerprint density at radius 3 is 1.76 bits per heavy atom. The van der Waals surface area contributed by atoms with E-state index in [4.69, 9.17) is 13.3 Å². The predicted octanol–water partition coefficient (Wildman–Crippen LogP) is 4.07. The van der Waals surface area contributed by atoms with Gasteiger partial charge in [-0.15, -0.1) is 0 Å². The molecule has 0 saturated heterocycles. The molecule has 2 rings (SSSR count). The first-order valence-corrected chi connectivity index (χ1v) is 8.85. The maximum absolute atomic E-state index is 5.89. The predicted molar refractivity (Wildman–Crippen MR) is 86.8 cm³/mol. The molecular formula is C17H22O3Si. The number of hydrogen-bond donors (Lipinski definition) is 0. The van der Waals surface area contributed by atoms with Gasteiger partial charge in [0.2, 0.25) is 0 Å². The van der Waals surface area contributed by atoms with Crippen LogP contribution in [0.5, 0.6) is 11.5 Å². The Morgan fingerprint density at radius 1 is 0.762 bits per heavy atom. The molecule has 0 bridgehead atoms. The molecule has 0 aliphatic rings. The summed E-state index contributed by atoms with van der Waals surface area (Å²) in [5.74, 6) is 1.58. The van der Waals surface area contributed by atoms with E-state index in [9.17, 15) is 0 Å². The smallest absolute Gasteiger partial charge is 0.494 e. The molecular weight excluding hydrogens is 280 g/mol. The zero-order valence-corrected chi connectivity index (χ0v) is 13.6. The molecule has 2 aromatic rings. The van der Waals surface area contributed by atoms with E-state index < -0.39 is 9.53 Å². The summed E-state index contributed by atoms with van der Waals surface area (Å²) in [6.07, 6.45) is 3.38. The Bertz CT molecular complexity index is 448. The first-order chi connectivity index (χ1) is 10.4. The topological polar surface area (TPSA) is 27.7 Å². The van der Waals surface area contributed by atoms with Crippen molar-refractivity contribution in [3.63, 3.8) is 0 Å². The summed E-state index contributed by atoms with van der Waals surface area (Å²) in [6.45, 7) is 2.86. The molecule has 0 atom stereocenters. The summed E-state index contributed by atoms with van der Waals surface area (Å²) in [4.78, 5) is 0. The normalized spacial score (nSPS) is 10.6. The van der Waals surface area contributed by atoms with Gasteiger partial charge in [-0.2, -0.15) is 0 Å². The van der Waals surface area contributed by atoms with E-state index >= 15 is 0 Å². The quantitative estimate of drug-likeness (QED) is 0.516. The van der Waals surface area contributed by atoms with E-state index in [0.717, 1.165) is 24.3 Å². The third kappa shape index (κ3) is 6.02. The highest BCUT2D eigenvalue weighted by Crippen LogP contribution is 2.15. The number of unbranched alkanes of at least 4 members (excludes halogenated alkanes) is 2. The molecule has 0 spiro atoms. The van der Waals surface area contributed by atoms with Crippen LogP contribution in [0.15, 0.2) is 60.7 Å². The van der Waals surface area contributed by atoms with Crippen LogP contribution in [0.25, 0.3) is 0 Å². The Kier molecular flexibility index (Phi) is 6.84. The van der Waals surface area contributed by atoms with Gasteiger partial charge in [0.05, 0.1) is 0 Å². The van der Waals surface area contributed by atoms with Crippen LogP contribution in [0.3, 0.4) is 0 Å². The van der Waals surface area contributed by atoms with Crippen LogP contribution in [-0.4, -0.2) is 16.1 Å². The lowest BCUT2D eigenvalue weighted by molar-refractivity contribution is 0.197. The van der Waals surface area contributed by atoms with Crippen molar-refractivity contribution < 1.29 is 13.3 Å². The number of rotatable bonds is 9. The van der Waals surface area contributed by atoms with Crippen molar-refractivity contribution in [2.45, 2.75) is 26.2 Å². The van der Waals surface area contributed by atoms with E-state index in [1.54, 1.807) is 0 Å². The molecule has 0 fully saturated rings. The average molecular weight is 302 g/mol. The first-order valence-electron chi connectivity index (χ1n) is 7.43. The van der Waals surface area contributed by atoms with Crippen LogP contribution < -0.4 is 8.85 Å². The van der Waals surface area contributed by atoms with E-state index in [-0.39, 0.29) is 0 Å². The lowest BCUT2D eigenvalue weighted by Gasteiger charge is -2.18. The number of hydrogen-bond acceptors (Lipinski definition) is 3. The lowest BCUT2D eigenvalue weighted by atomic mass is 10.3. The van der Waals surface area contributed by atoms with Crippen LogP contribution >= 0.6 is 0 Å². The number of benzene rings is 2. The van der Waals surface area contributed by atoms with Crippen LogP contribution in [0.1, 0.15) is 26.2 Å². The fourth-order valence-corrected chi connectivity index (χ4v) is 3.15. The Morgan fingerprint density at radius 2 is 1.29 bits per heavy atom. The molecule has 0 radical (unpaired) electrons. The van der Waals surface area contributed by atoms with Gasteiger partial charge in [-0.05, 0) is 30.7 Å². The first kappa shape index (κ1) is 15.6. The van der Waals surface area contributed by atoms with Gasteiger partial charge < -0.3 is 13.3 Å². The maximum atomic E-state index is 5.89. The maximum Gasteiger partial charge on any atom is 0.615 e. The number of para-hydroxylation sites is 2. The molecule has 21 heavy (non-hydrogen) atoms. The molecule has 0 unspecified atom stereocenters. The molecule has 0 heterocycles. The molecule has 112 valence electrons. The fourth-order valence-electron chi connectivity index (χ4n) is 1.84. The van der Waals surface area contributed by atoms with Gasteiger partial charge in [-0.25, -0.2) is 0 Å². The van der Waals surface area contributed by atoms with Crippen molar-refractivity contribution >= 4 is 9.53 Å². The molecule has 0 aliphatic heterocycles. The molecule has 0 aromatic heterocycles. The van der Waals surface area contributed by atoms with E-state index in [1.165, 1.54) is 6.42 Å². The third-order valence-corrected chi connectivity index (χ3v) is 4.39. The fraction of sp³-hybridized carbons (Fsp3) is 0.294. The van der Waals surface area contributed by atoms with Gasteiger partial charge in [-0.1, -0.05) is 56.2 Å². The second kappa shape index (κ2) is 9.21. The Labute approximate surface area is 128 Å². The van der Waals surface area contributed by atoms with Crippen LogP contribution in [0.4, 0.5) is 0 Å². The van der Waals surface area contributed by atoms with Gasteiger partial charge in [0, 0.05) is 6.61 Å². The summed E-state index contributed by atoms with van der Waals surface area (Å²) in [5.41, 5.74) is 0. The molecule has 0 saturated carbocycles. The van der Waals surface area contributed by atoms with Crippen LogP contribution in [-0.2, 0) is 4.43 Å². The highest BCUT2D eigenvalue weighted by atomic mass is 28.3. The van der Waals surface area contributed by atoms with Crippen molar-refractivity contribution in [1.82, 2.24) is 0 Å². The average Bonchev–Trinajstić information content (AvgIpc) is 2.53. The highest BCUT2D eigenvalue weighted by molar-refractivity contribution is 6.38. The molecule has 0 aliphatic carbocycles. The standard InChI is InChI=1S/C17H22O3Si/c1-2-3-10-15-18-21(19-16-11-6-4-7-12-16)20-17-13-8-5-9-14-17/h4-9,11-14,21H,2-3,10,15H2,1H3. The molecule has 0 N–H and O–H groups in total. The van der Waals surface area contributed by atoms with E-state index in [1.807, 2.05) is 60.7 Å². The zero-order chi connectivity index (χ0) is 14.8. The van der Waals surface area contributed by atoms with Crippen LogP contribution in [0, 0.1) is 0 Å². The molecule has 3 nitrogen and oxygen atoms in total. The summed E-state index contributed by atoms with van der Waals surface area (Å²) in [6, 6.07) is 19.4. The Hall–Kier alpha value is -1.78. The van der Waals surface area contributed by atoms with Gasteiger partial charge in [0.25, 0.3) is 0 Å². The SMILES string of the molecule is CCCCCO[SiH](Oc1ccccc1)Oc1ccccc1. The highest BCUT2D eigenvalue weighted by Gasteiger charge is 2.19. The monoisotopic (exact) mass is 302 g/mol. The van der Waals surface area contributed by atoms with Crippen molar-refractivity contribution in [2.24, 2.45) is 0 Å². The molecule has 2 aromatic carbocycles. The summed E-state index contributed by atoms with van der Waals surface area (Å²) >= 11 is 0. The minimum absolute atomic E-state index is 0.685. The zero-order valence-electron chi connectivity index (χ0n) is 12.4. The second-order valence-electron chi connectivity index (χ2n) is 4.73. The second-order valence-corrected chi connectivity index (χ2v) is 6.11. The van der Waals surface area contributed by atoms with Crippen molar-refractivity contribution in [3.05, 3.63) is 60.7 Å². The third-order valence-electron chi connectivity index (χ3n) is 2.95. The van der Waals surface area contributed by atoms with Crippen LogP contribution in [0.2, 0.25) is 0 Å². The largest absolute Gasteiger partial charge is 0.615 e. The van der Waals surface area contributed by atoms with Gasteiger partial charge in [0.1, 0.15) is 11.5 Å². The van der Waals surface area contributed by atoms with Crippen molar-refractivity contribution in [1.29, 1.82) is 0 Å². The minimum atomic E-state index is -2.23. The lowest BCUT2D eigenvalue weighted by Crippen LogP contribution is -2.34. The summed E-state index contributed by atoms with van der Waals surface area (Å²) in [7, 11) is -2.23. The molecule has 4 heteroatoms.